The smallest absolute Gasteiger partial charge is 0.395 e. The molecular formula is C15H20BrF3N4O3S. The molecule has 0 bridgehead atoms. The van der Waals surface area contributed by atoms with Crippen molar-refractivity contribution in [2.45, 2.75) is 43.9 Å². The Labute approximate surface area is 166 Å². The standard InChI is InChI=1S/C9H10BrN3O3S.C6H10F3N/c1-16-7(15)9(2-3-9)13(5-14)4-6-11-12-8(10)17-6;1-10-4-5(2-3-5)6(7,8)9/h5H,2-4H2,1H3;10H,2-4H2,1H3. The van der Waals surface area contributed by atoms with Crippen molar-refractivity contribution < 1.29 is 27.5 Å². The maximum absolute atomic E-state index is 12.0. The molecule has 0 aliphatic heterocycles. The third-order valence-electron chi connectivity index (χ3n) is 4.68. The Morgan fingerprint density at radius 1 is 1.37 bits per heavy atom. The molecule has 27 heavy (non-hydrogen) atoms. The van der Waals surface area contributed by atoms with Crippen LogP contribution in [0.2, 0.25) is 0 Å². The summed E-state index contributed by atoms with van der Waals surface area (Å²) >= 11 is 4.54. The summed E-state index contributed by atoms with van der Waals surface area (Å²) in [6.45, 7) is 0.346. The molecule has 1 amide bonds. The van der Waals surface area contributed by atoms with E-state index in [0.717, 1.165) is 0 Å². The first-order chi connectivity index (χ1) is 12.6. The number of rotatable bonds is 7. The van der Waals surface area contributed by atoms with Crippen molar-refractivity contribution in [2.75, 3.05) is 20.7 Å². The van der Waals surface area contributed by atoms with E-state index in [1.165, 1.54) is 23.3 Å². The van der Waals surface area contributed by atoms with E-state index in [1.54, 1.807) is 7.05 Å². The number of hydrogen-bond donors (Lipinski definition) is 1. The number of halogens is 4. The lowest BCUT2D eigenvalue weighted by atomic mass is 10.1. The van der Waals surface area contributed by atoms with Gasteiger partial charge in [0.25, 0.3) is 0 Å². The van der Waals surface area contributed by atoms with Gasteiger partial charge in [0.1, 0.15) is 10.5 Å². The summed E-state index contributed by atoms with van der Waals surface area (Å²) in [7, 11) is 2.87. The van der Waals surface area contributed by atoms with E-state index >= 15 is 0 Å². The van der Waals surface area contributed by atoms with Crippen LogP contribution in [0.15, 0.2) is 3.92 Å². The molecule has 1 aromatic rings. The van der Waals surface area contributed by atoms with Crippen molar-refractivity contribution in [1.82, 2.24) is 20.4 Å². The van der Waals surface area contributed by atoms with E-state index in [4.69, 9.17) is 4.74 Å². The molecule has 1 heterocycles. The van der Waals surface area contributed by atoms with Crippen molar-refractivity contribution in [3.8, 4) is 0 Å². The van der Waals surface area contributed by atoms with Crippen LogP contribution in [0.4, 0.5) is 13.2 Å². The minimum absolute atomic E-state index is 0.0660. The van der Waals surface area contributed by atoms with Crippen LogP contribution >= 0.6 is 27.3 Å². The maximum atomic E-state index is 12.0. The molecule has 0 aromatic carbocycles. The van der Waals surface area contributed by atoms with Crippen molar-refractivity contribution in [3.63, 3.8) is 0 Å². The maximum Gasteiger partial charge on any atom is 0.395 e. The van der Waals surface area contributed by atoms with Gasteiger partial charge in [-0.2, -0.15) is 13.2 Å². The number of ether oxygens (including phenoxy) is 1. The summed E-state index contributed by atoms with van der Waals surface area (Å²) in [4.78, 5) is 24.1. The Hall–Kier alpha value is -1.27. The fourth-order valence-corrected chi connectivity index (χ4v) is 3.90. The zero-order chi connectivity index (χ0) is 20.3. The third-order valence-corrected chi connectivity index (χ3v) is 6.02. The highest BCUT2D eigenvalue weighted by molar-refractivity contribution is 9.11. The van der Waals surface area contributed by atoms with Gasteiger partial charge in [0.15, 0.2) is 3.92 Å². The van der Waals surface area contributed by atoms with E-state index < -0.39 is 17.1 Å². The summed E-state index contributed by atoms with van der Waals surface area (Å²) < 4.78 is 41.5. The van der Waals surface area contributed by atoms with E-state index in [2.05, 4.69) is 31.4 Å². The van der Waals surface area contributed by atoms with Crippen LogP contribution in [-0.2, 0) is 20.9 Å². The lowest BCUT2D eigenvalue weighted by Gasteiger charge is -2.24. The number of alkyl halides is 3. The fourth-order valence-electron chi connectivity index (χ4n) is 2.70. The van der Waals surface area contributed by atoms with Crippen LogP contribution in [0.3, 0.4) is 0 Å². The van der Waals surface area contributed by atoms with Crippen molar-refractivity contribution in [3.05, 3.63) is 8.92 Å². The van der Waals surface area contributed by atoms with Crippen molar-refractivity contribution in [2.24, 2.45) is 5.41 Å². The Morgan fingerprint density at radius 3 is 2.30 bits per heavy atom. The lowest BCUT2D eigenvalue weighted by Crippen LogP contribution is -2.43. The molecule has 7 nitrogen and oxygen atoms in total. The first kappa shape index (κ1) is 22.0. The number of esters is 1. The molecule has 0 unspecified atom stereocenters. The fraction of sp³-hybridized carbons (Fsp3) is 0.733. The highest BCUT2D eigenvalue weighted by atomic mass is 79.9. The molecule has 1 aromatic heterocycles. The predicted octanol–water partition coefficient (Wildman–Crippen LogP) is 2.51. The van der Waals surface area contributed by atoms with Gasteiger partial charge in [-0.3, -0.25) is 4.79 Å². The molecular weight excluding hydrogens is 453 g/mol. The molecule has 0 saturated heterocycles. The minimum atomic E-state index is -4.00. The van der Waals surface area contributed by atoms with Crippen molar-refractivity contribution in [1.29, 1.82) is 0 Å². The van der Waals surface area contributed by atoms with Crippen LogP contribution < -0.4 is 5.32 Å². The van der Waals surface area contributed by atoms with E-state index in [-0.39, 0.29) is 31.9 Å². The second kappa shape index (κ2) is 8.39. The summed E-state index contributed by atoms with van der Waals surface area (Å²) in [5.41, 5.74) is -2.16. The molecule has 1 N–H and O–H groups in total. The van der Waals surface area contributed by atoms with Gasteiger partial charge in [-0.25, -0.2) is 4.79 Å². The second-order valence-electron chi connectivity index (χ2n) is 6.51. The Kier molecular flexibility index (Phi) is 6.85. The first-order valence-electron chi connectivity index (χ1n) is 8.14. The second-order valence-corrected chi connectivity index (χ2v) is 8.85. The highest BCUT2D eigenvalue weighted by Crippen LogP contribution is 2.56. The Balaban J connectivity index is 0.000000223. The van der Waals surface area contributed by atoms with Crippen molar-refractivity contribution >= 4 is 39.6 Å². The molecule has 0 atom stereocenters. The molecule has 152 valence electrons. The number of hydrogen-bond acceptors (Lipinski definition) is 7. The average molecular weight is 473 g/mol. The first-order valence-corrected chi connectivity index (χ1v) is 9.75. The van der Waals surface area contributed by atoms with Gasteiger partial charge in [-0.1, -0.05) is 11.3 Å². The molecule has 2 saturated carbocycles. The topological polar surface area (TPSA) is 84.4 Å². The van der Waals surface area contributed by atoms with Crippen LogP contribution in [0.1, 0.15) is 30.7 Å². The number of nitrogens with zero attached hydrogens (tertiary/aromatic N) is 3. The molecule has 0 radical (unpaired) electrons. The van der Waals surface area contributed by atoms with Gasteiger partial charge in [-0.05, 0) is 48.7 Å². The summed E-state index contributed by atoms with van der Waals surface area (Å²) in [5, 5.41) is 10.9. The summed E-state index contributed by atoms with van der Waals surface area (Å²) in [5.74, 6) is -0.367. The largest absolute Gasteiger partial charge is 0.467 e. The van der Waals surface area contributed by atoms with Gasteiger partial charge < -0.3 is 15.0 Å². The molecule has 12 heteroatoms. The van der Waals surface area contributed by atoms with Gasteiger partial charge in [0.05, 0.1) is 19.1 Å². The van der Waals surface area contributed by atoms with Crippen LogP contribution in [0.25, 0.3) is 0 Å². The van der Waals surface area contributed by atoms with E-state index in [9.17, 15) is 22.8 Å². The molecule has 2 fully saturated rings. The Bertz CT molecular complexity index is 678. The monoisotopic (exact) mass is 472 g/mol. The molecule has 3 rings (SSSR count). The quantitative estimate of drug-likeness (QED) is 0.484. The van der Waals surface area contributed by atoms with E-state index in [1.807, 2.05) is 0 Å². The van der Waals surface area contributed by atoms with Crippen LogP contribution in [-0.4, -0.2) is 59.9 Å². The van der Waals surface area contributed by atoms with Gasteiger partial charge in [0, 0.05) is 6.54 Å². The SMILES string of the molecule is CNCC1(C(F)(F)F)CC1.COC(=O)C1(N(C=O)Cc2nnc(Br)s2)CC1. The lowest BCUT2D eigenvalue weighted by molar-refractivity contribution is -0.185. The summed E-state index contributed by atoms with van der Waals surface area (Å²) in [6, 6.07) is 0. The zero-order valence-corrected chi connectivity index (χ0v) is 17.2. The number of amides is 1. The molecule has 0 spiro atoms. The van der Waals surface area contributed by atoms with Gasteiger partial charge in [-0.15, -0.1) is 10.2 Å². The van der Waals surface area contributed by atoms with Gasteiger partial charge >= 0.3 is 12.1 Å². The molecule has 2 aliphatic carbocycles. The number of carbonyl (C=O) groups is 2. The Morgan fingerprint density at radius 2 is 2.00 bits per heavy atom. The van der Waals surface area contributed by atoms with E-state index in [0.29, 0.717) is 28.2 Å². The highest BCUT2D eigenvalue weighted by Gasteiger charge is 2.62. The predicted molar refractivity (Wildman–Crippen MR) is 94.8 cm³/mol. The van der Waals surface area contributed by atoms with Crippen LogP contribution in [0.5, 0.6) is 0 Å². The summed E-state index contributed by atoms with van der Waals surface area (Å²) in [6.07, 6.45) is -1.49. The number of nitrogens with one attached hydrogen (secondary N) is 1. The minimum Gasteiger partial charge on any atom is -0.467 e. The third kappa shape index (κ3) is 4.96. The zero-order valence-electron chi connectivity index (χ0n) is 14.8. The normalized spacial score (nSPS) is 18.7. The number of aromatic nitrogens is 2. The number of methoxy groups -OCH3 is 1. The van der Waals surface area contributed by atoms with Crippen LogP contribution in [0, 0.1) is 5.41 Å². The molecule has 2 aliphatic rings. The van der Waals surface area contributed by atoms with Gasteiger partial charge in [0.2, 0.25) is 6.41 Å². The average Bonchev–Trinajstić information content (AvgIpc) is 3.52. The number of carbonyl (C=O) groups excluding carboxylic acids is 2.